The Morgan fingerprint density at radius 2 is 2.38 bits per heavy atom. The van der Waals surface area contributed by atoms with Gasteiger partial charge in [-0.25, -0.2) is 4.79 Å². The third-order valence-corrected chi connectivity index (χ3v) is 1.51. The van der Waals surface area contributed by atoms with Crippen LogP contribution in [0.2, 0.25) is 0 Å². The Morgan fingerprint density at radius 3 is 2.92 bits per heavy atom. The van der Waals surface area contributed by atoms with Crippen molar-refractivity contribution in [2.24, 2.45) is 0 Å². The molecule has 70 valence electrons. The van der Waals surface area contributed by atoms with E-state index >= 15 is 0 Å². The number of urea groups is 1. The maximum absolute atomic E-state index is 10.9. The van der Waals surface area contributed by atoms with Crippen molar-refractivity contribution in [3.8, 4) is 0 Å². The molecule has 0 aliphatic heterocycles. The number of hydrogen-bond donors (Lipinski definition) is 3. The van der Waals surface area contributed by atoms with Crippen LogP contribution in [0.15, 0.2) is 5.38 Å². The molecule has 0 aliphatic rings. The highest BCUT2D eigenvalue weighted by atomic mass is 32.1. The number of amides is 2. The lowest BCUT2D eigenvalue weighted by Crippen LogP contribution is -2.33. The fraction of sp³-hybridized carbons (Fsp3) is 0.200. The van der Waals surface area contributed by atoms with Gasteiger partial charge < -0.3 is 10.4 Å². The van der Waals surface area contributed by atoms with Crippen LogP contribution in [-0.4, -0.2) is 33.2 Å². The maximum Gasteiger partial charge on any atom is 0.323 e. The van der Waals surface area contributed by atoms with E-state index in [4.69, 9.17) is 5.11 Å². The van der Waals surface area contributed by atoms with Crippen LogP contribution in [0.4, 0.5) is 10.6 Å². The molecule has 0 saturated carbocycles. The zero-order valence-corrected chi connectivity index (χ0v) is 7.17. The molecule has 1 rings (SSSR count). The molecule has 3 N–H and O–H groups in total. The van der Waals surface area contributed by atoms with E-state index in [0.717, 1.165) is 11.5 Å². The summed E-state index contributed by atoms with van der Waals surface area (Å²) in [5, 5.41) is 17.7. The van der Waals surface area contributed by atoms with E-state index in [1.165, 1.54) is 5.38 Å². The van der Waals surface area contributed by atoms with Crippen LogP contribution in [0, 0.1) is 0 Å². The van der Waals surface area contributed by atoms with Gasteiger partial charge in [0.15, 0.2) is 5.82 Å². The summed E-state index contributed by atoms with van der Waals surface area (Å²) in [5.74, 6) is -0.806. The van der Waals surface area contributed by atoms with Crippen molar-refractivity contribution in [3.63, 3.8) is 0 Å². The summed E-state index contributed by atoms with van der Waals surface area (Å²) < 4.78 is 3.50. The van der Waals surface area contributed by atoms with Crippen LogP contribution in [-0.2, 0) is 4.79 Å². The fourth-order valence-corrected chi connectivity index (χ4v) is 0.924. The lowest BCUT2D eigenvalue weighted by atomic mass is 10.6. The minimum Gasteiger partial charge on any atom is -0.480 e. The van der Waals surface area contributed by atoms with Crippen molar-refractivity contribution in [1.82, 2.24) is 14.9 Å². The number of rotatable bonds is 3. The van der Waals surface area contributed by atoms with Gasteiger partial charge in [0.1, 0.15) is 6.54 Å². The van der Waals surface area contributed by atoms with Crippen LogP contribution in [0.25, 0.3) is 0 Å². The van der Waals surface area contributed by atoms with Crippen molar-refractivity contribution in [3.05, 3.63) is 5.38 Å². The smallest absolute Gasteiger partial charge is 0.323 e. The summed E-state index contributed by atoms with van der Waals surface area (Å²) in [6, 6.07) is -0.616. The van der Waals surface area contributed by atoms with Gasteiger partial charge in [-0.2, -0.15) is 0 Å². The average Bonchev–Trinajstić information content (AvgIpc) is 2.53. The summed E-state index contributed by atoms with van der Waals surface area (Å²) in [6.45, 7) is -0.427. The average molecular weight is 202 g/mol. The standard InChI is InChI=1S/C5H6N4O3S/c10-4(11)1-6-5(12)7-3-2-13-9-8-3/h2H,1H2,(H,10,11)(H2,6,7,12). The second-order valence-corrected chi connectivity index (χ2v) is 2.60. The van der Waals surface area contributed by atoms with E-state index in [2.05, 4.69) is 20.2 Å². The number of aliphatic carboxylic acids is 1. The van der Waals surface area contributed by atoms with Crippen LogP contribution in [0.1, 0.15) is 0 Å². The van der Waals surface area contributed by atoms with E-state index in [9.17, 15) is 9.59 Å². The van der Waals surface area contributed by atoms with Gasteiger partial charge in [-0.05, 0) is 11.5 Å². The monoisotopic (exact) mass is 202 g/mol. The third kappa shape index (κ3) is 3.47. The molecule has 0 fully saturated rings. The second kappa shape index (κ2) is 4.36. The maximum atomic E-state index is 10.9. The Bertz CT molecular complexity index is 299. The predicted octanol–water partition coefficient (Wildman–Crippen LogP) is -0.256. The first-order valence-corrected chi connectivity index (χ1v) is 4.06. The van der Waals surface area contributed by atoms with Gasteiger partial charge in [0.25, 0.3) is 0 Å². The van der Waals surface area contributed by atoms with Gasteiger partial charge in [0.2, 0.25) is 0 Å². The molecule has 1 aromatic heterocycles. The van der Waals surface area contributed by atoms with Crippen molar-refractivity contribution >= 4 is 29.4 Å². The van der Waals surface area contributed by atoms with Crippen LogP contribution >= 0.6 is 11.5 Å². The number of aromatic nitrogens is 2. The lowest BCUT2D eigenvalue weighted by Gasteiger charge is -2.00. The molecule has 1 aromatic rings. The van der Waals surface area contributed by atoms with Crippen LogP contribution < -0.4 is 10.6 Å². The van der Waals surface area contributed by atoms with Gasteiger partial charge in [-0.1, -0.05) is 4.49 Å². The largest absolute Gasteiger partial charge is 0.480 e. The molecule has 0 unspecified atom stereocenters. The molecule has 1 heterocycles. The summed E-state index contributed by atoms with van der Waals surface area (Å²) in [5.41, 5.74) is 0. The second-order valence-electron chi connectivity index (χ2n) is 1.99. The molecular formula is C5H6N4O3S. The molecule has 8 heteroatoms. The van der Waals surface area contributed by atoms with Gasteiger partial charge in [-0.15, -0.1) is 5.10 Å². The van der Waals surface area contributed by atoms with Crippen molar-refractivity contribution in [2.45, 2.75) is 0 Å². The first kappa shape index (κ1) is 9.39. The Morgan fingerprint density at radius 1 is 1.62 bits per heavy atom. The molecule has 0 atom stereocenters. The van der Waals surface area contributed by atoms with E-state index < -0.39 is 18.5 Å². The highest BCUT2D eigenvalue weighted by molar-refractivity contribution is 7.03. The number of hydrogen-bond acceptors (Lipinski definition) is 5. The third-order valence-electron chi connectivity index (χ3n) is 1.00. The molecule has 2 amide bonds. The number of carboxylic acids is 1. The van der Waals surface area contributed by atoms with Crippen LogP contribution in [0.3, 0.4) is 0 Å². The van der Waals surface area contributed by atoms with E-state index in [1.54, 1.807) is 0 Å². The molecule has 0 bridgehead atoms. The van der Waals surface area contributed by atoms with Gasteiger partial charge in [0.05, 0.1) is 5.38 Å². The van der Waals surface area contributed by atoms with E-state index in [1.807, 2.05) is 0 Å². The molecule has 7 nitrogen and oxygen atoms in total. The first-order chi connectivity index (χ1) is 6.18. The SMILES string of the molecule is O=C(O)CNC(=O)Nc1csnn1. The Labute approximate surface area is 76.9 Å². The van der Waals surface area contributed by atoms with Crippen molar-refractivity contribution in [1.29, 1.82) is 0 Å². The highest BCUT2D eigenvalue weighted by Gasteiger charge is 2.04. The highest BCUT2D eigenvalue weighted by Crippen LogP contribution is 2.01. The number of anilines is 1. The van der Waals surface area contributed by atoms with Crippen LogP contribution in [0.5, 0.6) is 0 Å². The molecule has 13 heavy (non-hydrogen) atoms. The molecule has 0 spiro atoms. The molecule has 0 radical (unpaired) electrons. The quantitative estimate of drug-likeness (QED) is 0.626. The summed E-state index contributed by atoms with van der Waals surface area (Å²) in [4.78, 5) is 20.9. The number of carbonyl (C=O) groups excluding carboxylic acids is 1. The van der Waals surface area contributed by atoms with Gasteiger partial charge >= 0.3 is 12.0 Å². The van der Waals surface area contributed by atoms with Crippen molar-refractivity contribution < 1.29 is 14.7 Å². The topological polar surface area (TPSA) is 104 Å². The van der Waals surface area contributed by atoms with Gasteiger partial charge in [0, 0.05) is 0 Å². The lowest BCUT2D eigenvalue weighted by molar-refractivity contribution is -0.135. The zero-order valence-electron chi connectivity index (χ0n) is 6.35. The Hall–Kier alpha value is -1.70. The minimum atomic E-state index is -1.11. The Kier molecular flexibility index (Phi) is 3.15. The molecule has 0 aliphatic carbocycles. The zero-order chi connectivity index (χ0) is 9.68. The summed E-state index contributed by atoms with van der Waals surface area (Å²) in [6.07, 6.45) is 0. The first-order valence-electron chi connectivity index (χ1n) is 3.22. The number of nitrogens with zero attached hydrogens (tertiary/aromatic N) is 2. The number of nitrogens with one attached hydrogen (secondary N) is 2. The molecule has 0 saturated heterocycles. The van der Waals surface area contributed by atoms with Gasteiger partial charge in [-0.3, -0.25) is 10.1 Å². The fourth-order valence-electron chi connectivity index (χ4n) is 0.535. The normalized spacial score (nSPS) is 9.23. The summed E-state index contributed by atoms with van der Waals surface area (Å²) >= 11 is 1.09. The number of carboxylic acid groups (broad SMARTS) is 1. The molecular weight excluding hydrogens is 196 g/mol. The van der Waals surface area contributed by atoms with E-state index in [-0.39, 0.29) is 0 Å². The predicted molar refractivity (Wildman–Crippen MR) is 44.6 cm³/mol. The Balaban J connectivity index is 2.30. The summed E-state index contributed by atoms with van der Waals surface area (Å²) in [7, 11) is 0. The van der Waals surface area contributed by atoms with E-state index in [0.29, 0.717) is 5.82 Å². The number of carbonyl (C=O) groups is 2. The minimum absolute atomic E-state index is 0.299. The van der Waals surface area contributed by atoms with Crippen molar-refractivity contribution in [2.75, 3.05) is 11.9 Å². The molecule has 0 aromatic carbocycles.